The Morgan fingerprint density at radius 1 is 0.973 bits per heavy atom. The van der Waals surface area contributed by atoms with Crippen LogP contribution in [0.4, 0.5) is 13.2 Å². The molecule has 0 aliphatic carbocycles. The summed E-state index contributed by atoms with van der Waals surface area (Å²) in [5.74, 6) is -1.51. The molecule has 37 heavy (non-hydrogen) atoms. The van der Waals surface area contributed by atoms with Crippen molar-refractivity contribution in [2.45, 2.75) is 33.0 Å². The summed E-state index contributed by atoms with van der Waals surface area (Å²) in [7, 11) is 0. The normalized spacial score (nSPS) is 13.4. The van der Waals surface area contributed by atoms with E-state index in [0.717, 1.165) is 34.8 Å². The van der Waals surface area contributed by atoms with Gasteiger partial charge in [-0.25, -0.2) is 17.9 Å². The van der Waals surface area contributed by atoms with E-state index in [9.17, 15) is 18.0 Å². The highest BCUT2D eigenvalue weighted by Gasteiger charge is 2.28. The van der Waals surface area contributed by atoms with Gasteiger partial charge in [0.25, 0.3) is 5.91 Å². The van der Waals surface area contributed by atoms with Gasteiger partial charge in [0.15, 0.2) is 0 Å². The molecule has 1 amide bonds. The highest BCUT2D eigenvalue weighted by Crippen LogP contribution is 2.28. The molecule has 0 unspecified atom stereocenters. The molecule has 8 heteroatoms. The van der Waals surface area contributed by atoms with Crippen molar-refractivity contribution >= 4 is 5.91 Å². The molecule has 0 fully saturated rings. The minimum absolute atomic E-state index is 0.208. The molecule has 0 saturated heterocycles. The molecule has 1 aliphatic heterocycles. The number of hydrogen-bond acceptors (Lipinski definition) is 3. The third-order valence-electron chi connectivity index (χ3n) is 6.72. The van der Waals surface area contributed by atoms with Crippen LogP contribution in [-0.2, 0) is 26.1 Å². The molecule has 0 radical (unpaired) electrons. The number of nitrogens with zero attached hydrogens (tertiary/aromatic N) is 4. The van der Waals surface area contributed by atoms with Crippen molar-refractivity contribution in [2.24, 2.45) is 0 Å². The zero-order valence-corrected chi connectivity index (χ0v) is 20.5. The number of hydrogen-bond donors (Lipinski definition) is 0. The lowest BCUT2D eigenvalue weighted by Crippen LogP contribution is -2.33. The monoisotopic (exact) mass is 504 g/mol. The summed E-state index contributed by atoms with van der Waals surface area (Å²) < 4.78 is 43.4. The molecule has 0 spiro atoms. The Hall–Kier alpha value is -3.91. The Morgan fingerprint density at radius 2 is 1.70 bits per heavy atom. The number of amides is 1. The first kappa shape index (κ1) is 24.8. The van der Waals surface area contributed by atoms with Crippen molar-refractivity contribution < 1.29 is 18.0 Å². The van der Waals surface area contributed by atoms with Crippen molar-refractivity contribution in [1.29, 1.82) is 0 Å². The molecule has 5 rings (SSSR count). The van der Waals surface area contributed by atoms with Gasteiger partial charge < -0.3 is 4.90 Å². The van der Waals surface area contributed by atoms with Crippen molar-refractivity contribution in [3.63, 3.8) is 0 Å². The zero-order chi connectivity index (χ0) is 25.9. The van der Waals surface area contributed by atoms with Crippen molar-refractivity contribution in [3.8, 4) is 5.69 Å². The first-order valence-electron chi connectivity index (χ1n) is 12.3. The molecule has 5 nitrogen and oxygen atoms in total. The van der Waals surface area contributed by atoms with Crippen LogP contribution in [0.1, 0.15) is 39.8 Å². The molecule has 0 atom stereocenters. The molecule has 1 aromatic heterocycles. The molecule has 0 N–H and O–H groups in total. The van der Waals surface area contributed by atoms with E-state index in [4.69, 9.17) is 5.10 Å². The fourth-order valence-corrected chi connectivity index (χ4v) is 4.77. The van der Waals surface area contributed by atoms with Gasteiger partial charge in [-0.15, -0.1) is 0 Å². The van der Waals surface area contributed by atoms with Gasteiger partial charge >= 0.3 is 0 Å². The first-order valence-corrected chi connectivity index (χ1v) is 12.3. The standard InChI is InChI=1S/C29H27F3N4O/c1-2-35(29(37)20-8-10-22(30)11-9-20)19-27-25-18-34(17-21-16-23(31)12-13-26(21)32)15-14-28(25)36(33-27)24-6-4-3-5-7-24/h3-13,16H,2,14-15,17-19H2,1H3. The number of halogens is 3. The lowest BCUT2D eigenvalue weighted by Gasteiger charge is -2.28. The van der Waals surface area contributed by atoms with E-state index in [1.165, 1.54) is 30.3 Å². The van der Waals surface area contributed by atoms with Crippen LogP contribution in [0.3, 0.4) is 0 Å². The smallest absolute Gasteiger partial charge is 0.254 e. The second-order valence-corrected chi connectivity index (χ2v) is 9.14. The minimum atomic E-state index is -0.468. The highest BCUT2D eigenvalue weighted by atomic mass is 19.1. The molecule has 1 aliphatic rings. The summed E-state index contributed by atoms with van der Waals surface area (Å²) in [5.41, 5.74) is 4.41. The fourth-order valence-electron chi connectivity index (χ4n) is 4.77. The van der Waals surface area contributed by atoms with Crippen LogP contribution in [0.15, 0.2) is 72.8 Å². The number of benzene rings is 3. The third kappa shape index (κ3) is 5.29. The maximum Gasteiger partial charge on any atom is 0.254 e. The maximum atomic E-state index is 14.3. The Bertz CT molecular complexity index is 1400. The van der Waals surface area contributed by atoms with Crippen molar-refractivity contribution in [1.82, 2.24) is 19.6 Å². The highest BCUT2D eigenvalue weighted by molar-refractivity contribution is 5.94. The van der Waals surface area contributed by atoms with Crippen LogP contribution in [-0.4, -0.2) is 38.6 Å². The SMILES string of the molecule is CCN(Cc1nn(-c2ccccc2)c2c1CN(Cc1cc(F)ccc1F)CC2)C(=O)c1ccc(F)cc1. The summed E-state index contributed by atoms with van der Waals surface area (Å²) in [4.78, 5) is 16.9. The van der Waals surface area contributed by atoms with Crippen molar-refractivity contribution in [3.05, 3.63) is 118 Å². The van der Waals surface area contributed by atoms with E-state index in [1.807, 2.05) is 41.9 Å². The van der Waals surface area contributed by atoms with Crippen LogP contribution < -0.4 is 0 Å². The summed E-state index contributed by atoms with van der Waals surface area (Å²) >= 11 is 0. The topological polar surface area (TPSA) is 41.4 Å². The van der Waals surface area contributed by atoms with Crippen LogP contribution >= 0.6 is 0 Å². The van der Waals surface area contributed by atoms with Crippen LogP contribution in [0.25, 0.3) is 5.69 Å². The summed E-state index contributed by atoms with van der Waals surface area (Å²) in [6, 6.07) is 18.8. The van der Waals surface area contributed by atoms with Gasteiger partial charge in [0.2, 0.25) is 0 Å². The van der Waals surface area contributed by atoms with Gasteiger partial charge in [0.1, 0.15) is 17.5 Å². The molecule has 2 heterocycles. The van der Waals surface area contributed by atoms with Gasteiger partial charge in [0.05, 0.1) is 23.6 Å². The predicted molar refractivity (Wildman–Crippen MR) is 135 cm³/mol. The number of aromatic nitrogens is 2. The Morgan fingerprint density at radius 3 is 2.43 bits per heavy atom. The van der Waals surface area contributed by atoms with Gasteiger partial charge in [-0.2, -0.15) is 5.10 Å². The summed E-state index contributed by atoms with van der Waals surface area (Å²) in [5, 5.41) is 4.92. The number of fused-ring (bicyclic) bond motifs is 1. The van der Waals surface area contributed by atoms with Crippen LogP contribution in [0.2, 0.25) is 0 Å². The van der Waals surface area contributed by atoms with E-state index in [-0.39, 0.29) is 19.0 Å². The first-order chi connectivity index (χ1) is 17.9. The molecule has 0 saturated carbocycles. The predicted octanol–water partition coefficient (Wildman–Crippen LogP) is 5.51. The van der Waals surface area contributed by atoms with Gasteiger partial charge in [0, 0.05) is 49.3 Å². The number of carbonyl (C=O) groups is 1. The largest absolute Gasteiger partial charge is 0.333 e. The van der Waals surface area contributed by atoms with E-state index >= 15 is 0 Å². The lowest BCUT2D eigenvalue weighted by atomic mass is 10.0. The Labute approximate surface area is 213 Å². The van der Waals surface area contributed by atoms with E-state index in [1.54, 1.807) is 4.90 Å². The average molecular weight is 505 g/mol. The quantitative estimate of drug-likeness (QED) is 0.333. The third-order valence-corrected chi connectivity index (χ3v) is 6.72. The summed E-state index contributed by atoms with van der Waals surface area (Å²) in [6.07, 6.45) is 0.673. The van der Waals surface area contributed by atoms with E-state index in [2.05, 4.69) is 4.90 Å². The van der Waals surface area contributed by atoms with E-state index < -0.39 is 17.5 Å². The molecular formula is C29H27F3N4O. The van der Waals surface area contributed by atoms with Gasteiger partial charge in [-0.05, 0) is 61.5 Å². The summed E-state index contributed by atoms with van der Waals surface area (Å²) in [6.45, 7) is 4.03. The average Bonchev–Trinajstić information content (AvgIpc) is 3.27. The zero-order valence-electron chi connectivity index (χ0n) is 20.5. The van der Waals surface area contributed by atoms with Crippen molar-refractivity contribution in [2.75, 3.05) is 13.1 Å². The second-order valence-electron chi connectivity index (χ2n) is 9.14. The Balaban J connectivity index is 1.46. The minimum Gasteiger partial charge on any atom is -0.333 e. The van der Waals surface area contributed by atoms with E-state index in [0.29, 0.717) is 37.2 Å². The number of carbonyl (C=O) groups excluding carboxylic acids is 1. The Kier molecular flexibility index (Phi) is 7.10. The maximum absolute atomic E-state index is 14.3. The molecule has 190 valence electrons. The number of rotatable bonds is 7. The molecule has 4 aromatic rings. The van der Waals surface area contributed by atoms with Gasteiger partial charge in [-0.3, -0.25) is 9.69 Å². The van der Waals surface area contributed by atoms with Crippen LogP contribution in [0.5, 0.6) is 0 Å². The second kappa shape index (κ2) is 10.6. The molecule has 3 aromatic carbocycles. The fraction of sp³-hybridized carbons (Fsp3) is 0.241. The molecule has 0 bridgehead atoms. The molecular weight excluding hydrogens is 477 g/mol. The van der Waals surface area contributed by atoms with Gasteiger partial charge in [-0.1, -0.05) is 18.2 Å². The van der Waals surface area contributed by atoms with Crippen LogP contribution in [0, 0.1) is 17.5 Å². The lowest BCUT2D eigenvalue weighted by molar-refractivity contribution is 0.0749. The number of para-hydroxylation sites is 1.